The zero-order valence-corrected chi connectivity index (χ0v) is 25.0. The van der Waals surface area contributed by atoms with Gasteiger partial charge >= 0.3 is 11.9 Å². The average Bonchev–Trinajstić information content (AvgIpc) is 3.06. The monoisotopic (exact) mass is 592 g/mol. The second-order valence-corrected chi connectivity index (χ2v) is 9.86. The Bertz CT molecular complexity index is 1440. The molecule has 0 bridgehead atoms. The minimum atomic E-state index is -0.281. The Morgan fingerprint density at radius 1 is 0.545 bits per heavy atom. The fourth-order valence-electron chi connectivity index (χ4n) is 4.26. The molecule has 0 heterocycles. The molecule has 0 aliphatic carbocycles. The topological polar surface area (TPSA) is 95.8 Å². The highest BCUT2D eigenvalue weighted by Crippen LogP contribution is 2.27. The van der Waals surface area contributed by atoms with Crippen molar-refractivity contribution in [1.82, 2.24) is 0 Å². The molecule has 4 aromatic rings. The van der Waals surface area contributed by atoms with Gasteiger partial charge in [-0.15, -0.1) is 0 Å². The van der Waals surface area contributed by atoms with Gasteiger partial charge in [-0.2, -0.15) is 0 Å². The maximum atomic E-state index is 12.2. The molecule has 44 heavy (non-hydrogen) atoms. The van der Waals surface area contributed by atoms with E-state index in [1.54, 1.807) is 50.9 Å². The van der Waals surface area contributed by atoms with Crippen LogP contribution in [0.1, 0.15) is 49.7 Å². The van der Waals surface area contributed by atoms with Gasteiger partial charge in [0, 0.05) is 25.3 Å². The van der Waals surface area contributed by atoms with Gasteiger partial charge in [-0.3, -0.25) is 19.6 Å². The quantitative estimate of drug-likeness (QED) is 0.0600. The fraction of sp³-hybridized carbons (Fsp3) is 0.222. The van der Waals surface area contributed by atoms with Gasteiger partial charge in [0.25, 0.3) is 0 Å². The third-order valence-corrected chi connectivity index (χ3v) is 6.61. The van der Waals surface area contributed by atoms with E-state index in [1.165, 1.54) is 0 Å². The molecule has 0 N–H and O–H groups in total. The Labute approximate surface area is 258 Å². The molecule has 0 saturated carbocycles. The molecule has 4 aromatic carbocycles. The van der Waals surface area contributed by atoms with Crippen molar-refractivity contribution in [2.75, 3.05) is 14.2 Å². The summed E-state index contributed by atoms with van der Waals surface area (Å²) >= 11 is 0. The number of aliphatic imine (C=N–C) groups is 2. The summed E-state index contributed by atoms with van der Waals surface area (Å²) in [6.45, 7) is 0. The molecule has 0 atom stereocenters. The van der Waals surface area contributed by atoms with Crippen LogP contribution in [-0.2, 0) is 9.59 Å². The Morgan fingerprint density at radius 3 is 1.32 bits per heavy atom. The molecule has 0 saturated heterocycles. The van der Waals surface area contributed by atoms with Gasteiger partial charge in [-0.05, 0) is 96.8 Å². The number of methoxy groups -OCH3 is 2. The van der Waals surface area contributed by atoms with Crippen LogP contribution >= 0.6 is 0 Å². The highest BCUT2D eigenvalue weighted by Gasteiger charge is 2.08. The van der Waals surface area contributed by atoms with Crippen LogP contribution in [-0.4, -0.2) is 38.6 Å². The van der Waals surface area contributed by atoms with Crippen molar-refractivity contribution < 1.29 is 28.5 Å². The number of hydrogen-bond donors (Lipinski definition) is 0. The van der Waals surface area contributed by atoms with Crippen LogP contribution in [0.15, 0.2) is 107 Å². The van der Waals surface area contributed by atoms with Crippen LogP contribution in [0.25, 0.3) is 0 Å². The van der Waals surface area contributed by atoms with E-state index in [2.05, 4.69) is 9.98 Å². The first-order chi connectivity index (χ1) is 21.5. The van der Waals surface area contributed by atoms with Crippen LogP contribution in [0, 0.1) is 0 Å². The van der Waals surface area contributed by atoms with Crippen molar-refractivity contribution in [1.29, 1.82) is 0 Å². The zero-order chi connectivity index (χ0) is 31.0. The number of nitrogens with zero attached hydrogens (tertiary/aromatic N) is 2. The summed E-state index contributed by atoms with van der Waals surface area (Å²) in [5.41, 5.74) is 3.22. The normalized spacial score (nSPS) is 11.0. The fourth-order valence-corrected chi connectivity index (χ4v) is 4.26. The molecular formula is C36H36N2O6. The number of unbranched alkanes of at least 4 members (excludes halogenated alkanes) is 3. The first-order valence-electron chi connectivity index (χ1n) is 14.5. The highest BCUT2D eigenvalue weighted by atomic mass is 16.5. The summed E-state index contributed by atoms with van der Waals surface area (Å²) < 4.78 is 21.5. The molecule has 0 aliphatic rings. The van der Waals surface area contributed by atoms with E-state index >= 15 is 0 Å². The Hall–Kier alpha value is -5.24. The van der Waals surface area contributed by atoms with Crippen LogP contribution in [0.3, 0.4) is 0 Å². The van der Waals surface area contributed by atoms with Gasteiger partial charge in [0.15, 0.2) is 0 Å². The lowest BCUT2D eigenvalue weighted by Crippen LogP contribution is -2.08. The molecule has 4 rings (SSSR count). The smallest absolute Gasteiger partial charge is 0.311 e. The van der Waals surface area contributed by atoms with Crippen molar-refractivity contribution in [2.24, 2.45) is 9.98 Å². The lowest BCUT2D eigenvalue weighted by atomic mass is 10.1. The lowest BCUT2D eigenvalue weighted by molar-refractivity contribution is -0.135. The molecule has 8 nitrogen and oxygen atoms in total. The number of hydrogen-bond acceptors (Lipinski definition) is 8. The number of ether oxygens (including phenoxy) is 4. The summed E-state index contributed by atoms with van der Waals surface area (Å²) in [6.07, 6.45) is 7.11. The van der Waals surface area contributed by atoms with Crippen molar-refractivity contribution in [2.45, 2.75) is 38.5 Å². The molecule has 0 amide bonds. The third kappa shape index (κ3) is 10.2. The SMILES string of the molecule is COc1ccccc1N=Cc1ccc(OC(=O)CCCCCCC(=O)Oc2ccc(C=Nc3ccccc3OC)cc2)cc1. The van der Waals surface area contributed by atoms with E-state index < -0.39 is 0 Å². The number of para-hydroxylation sites is 4. The van der Waals surface area contributed by atoms with Gasteiger partial charge < -0.3 is 18.9 Å². The van der Waals surface area contributed by atoms with E-state index in [9.17, 15) is 9.59 Å². The van der Waals surface area contributed by atoms with E-state index in [0.29, 0.717) is 48.7 Å². The van der Waals surface area contributed by atoms with Gasteiger partial charge in [0.05, 0.1) is 14.2 Å². The predicted octanol–water partition coefficient (Wildman–Crippen LogP) is 8.06. The average molecular weight is 593 g/mol. The van der Waals surface area contributed by atoms with Crippen molar-refractivity contribution in [3.05, 3.63) is 108 Å². The summed E-state index contributed by atoms with van der Waals surface area (Å²) in [5, 5.41) is 0. The molecular weight excluding hydrogens is 556 g/mol. The molecule has 8 heteroatoms. The number of carbonyl (C=O) groups is 2. The second kappa shape index (κ2) is 17.0. The van der Waals surface area contributed by atoms with Crippen LogP contribution in [0.5, 0.6) is 23.0 Å². The number of rotatable bonds is 15. The maximum absolute atomic E-state index is 12.2. The lowest BCUT2D eigenvalue weighted by Gasteiger charge is -2.06. The summed E-state index contributed by atoms with van der Waals surface area (Å²) in [6, 6.07) is 29.4. The van der Waals surface area contributed by atoms with Gasteiger partial charge in [0.1, 0.15) is 34.4 Å². The Morgan fingerprint density at radius 2 is 0.932 bits per heavy atom. The van der Waals surface area contributed by atoms with E-state index in [0.717, 1.165) is 35.3 Å². The molecule has 0 fully saturated rings. The highest BCUT2D eigenvalue weighted by molar-refractivity contribution is 5.84. The summed E-state index contributed by atoms with van der Waals surface area (Å²) in [7, 11) is 3.22. The van der Waals surface area contributed by atoms with Crippen LogP contribution in [0.2, 0.25) is 0 Å². The van der Waals surface area contributed by atoms with Gasteiger partial charge in [0.2, 0.25) is 0 Å². The maximum Gasteiger partial charge on any atom is 0.311 e. The standard InChI is InChI=1S/C36H36N2O6/c1-41-33-13-9-7-11-31(33)37-25-27-17-21-29(22-18-27)43-35(39)15-5-3-4-6-16-36(40)44-30-23-19-28(20-24-30)26-38-32-12-8-10-14-34(32)42-2/h7-14,17-26H,3-6,15-16H2,1-2H3. The van der Waals surface area contributed by atoms with E-state index in [4.69, 9.17) is 18.9 Å². The Balaban J connectivity index is 1.09. The first-order valence-corrected chi connectivity index (χ1v) is 14.5. The molecule has 0 radical (unpaired) electrons. The van der Waals surface area contributed by atoms with Crippen LogP contribution in [0.4, 0.5) is 11.4 Å². The van der Waals surface area contributed by atoms with Crippen molar-refractivity contribution in [3.63, 3.8) is 0 Å². The minimum absolute atomic E-state index is 0.281. The van der Waals surface area contributed by atoms with Crippen molar-refractivity contribution >= 4 is 35.7 Å². The second-order valence-electron chi connectivity index (χ2n) is 9.86. The molecule has 0 aliphatic heterocycles. The van der Waals surface area contributed by atoms with E-state index in [-0.39, 0.29) is 11.9 Å². The zero-order valence-electron chi connectivity index (χ0n) is 25.0. The van der Waals surface area contributed by atoms with Gasteiger partial charge in [-0.1, -0.05) is 37.1 Å². The first kappa shape index (κ1) is 31.7. The Kier molecular flexibility index (Phi) is 12.3. The van der Waals surface area contributed by atoms with Gasteiger partial charge in [-0.25, -0.2) is 0 Å². The van der Waals surface area contributed by atoms with Crippen LogP contribution < -0.4 is 18.9 Å². The predicted molar refractivity (Wildman–Crippen MR) is 172 cm³/mol. The summed E-state index contributed by atoms with van der Waals surface area (Å²) in [4.78, 5) is 33.4. The molecule has 226 valence electrons. The number of benzene rings is 4. The minimum Gasteiger partial charge on any atom is -0.494 e. The summed E-state index contributed by atoms with van der Waals surface area (Å²) in [5.74, 6) is 1.81. The third-order valence-electron chi connectivity index (χ3n) is 6.61. The molecule has 0 spiro atoms. The van der Waals surface area contributed by atoms with Crippen molar-refractivity contribution in [3.8, 4) is 23.0 Å². The largest absolute Gasteiger partial charge is 0.494 e. The number of esters is 2. The molecule has 0 aromatic heterocycles. The number of carbonyl (C=O) groups excluding carboxylic acids is 2. The molecule has 0 unspecified atom stereocenters. The van der Waals surface area contributed by atoms with E-state index in [1.807, 2.05) is 72.8 Å².